The predicted octanol–water partition coefficient (Wildman–Crippen LogP) is 11.7. The van der Waals surface area contributed by atoms with E-state index in [0.29, 0.717) is 0 Å². The molecule has 50 heavy (non-hydrogen) atoms. The highest BCUT2D eigenvalue weighted by molar-refractivity contribution is 6.10. The molecule has 3 aromatic heterocycles. The molecule has 0 radical (unpaired) electrons. The van der Waals surface area contributed by atoms with Gasteiger partial charge < -0.3 is 9.13 Å². The average Bonchev–Trinajstić information content (AvgIpc) is 3.71. The van der Waals surface area contributed by atoms with Crippen LogP contribution in [0.25, 0.3) is 88.6 Å². The van der Waals surface area contributed by atoms with Gasteiger partial charge in [-0.25, -0.2) is 9.97 Å². The number of para-hydroxylation sites is 4. The van der Waals surface area contributed by atoms with Gasteiger partial charge in [-0.2, -0.15) is 0 Å². The highest BCUT2D eigenvalue weighted by Crippen LogP contribution is 2.38. The summed E-state index contributed by atoms with van der Waals surface area (Å²) in [6, 6.07) is 62.9. The maximum absolute atomic E-state index is 4.63. The first-order valence-electron chi connectivity index (χ1n) is 16.9. The molecular weight excluding hydrogens is 609 g/mol. The molecule has 4 heteroatoms. The van der Waals surface area contributed by atoms with E-state index in [9.17, 15) is 0 Å². The summed E-state index contributed by atoms with van der Waals surface area (Å²) < 4.78 is 4.82. The van der Waals surface area contributed by atoms with E-state index in [1.807, 2.05) is 18.2 Å². The Morgan fingerprint density at radius 3 is 1.14 bits per heavy atom. The largest absolute Gasteiger partial charge is 0.309 e. The zero-order chi connectivity index (χ0) is 33.0. The Morgan fingerprint density at radius 2 is 0.680 bits per heavy atom. The van der Waals surface area contributed by atoms with Gasteiger partial charge in [-0.05, 0) is 59.7 Å². The van der Waals surface area contributed by atoms with Crippen molar-refractivity contribution in [3.63, 3.8) is 0 Å². The Hall–Kier alpha value is -6.78. The second-order valence-electron chi connectivity index (χ2n) is 12.7. The molecule has 7 aromatic carbocycles. The van der Waals surface area contributed by atoms with Crippen molar-refractivity contribution in [1.82, 2.24) is 19.1 Å². The maximum Gasteiger partial charge on any atom is 0.116 e. The first-order chi connectivity index (χ1) is 24.8. The smallest absolute Gasteiger partial charge is 0.116 e. The Bertz CT molecular complexity index is 2620. The fraction of sp³-hybridized carbons (Fsp3) is 0. The van der Waals surface area contributed by atoms with E-state index in [4.69, 9.17) is 0 Å². The normalized spacial score (nSPS) is 11.6. The van der Waals surface area contributed by atoms with Gasteiger partial charge in [0.1, 0.15) is 6.33 Å². The summed E-state index contributed by atoms with van der Waals surface area (Å²) in [5.74, 6) is 0. The van der Waals surface area contributed by atoms with Crippen LogP contribution in [0.4, 0.5) is 0 Å². The van der Waals surface area contributed by atoms with Gasteiger partial charge in [0.25, 0.3) is 0 Å². The topological polar surface area (TPSA) is 35.6 Å². The highest BCUT2D eigenvalue weighted by atomic mass is 15.0. The molecule has 0 bridgehead atoms. The quantitative estimate of drug-likeness (QED) is 0.188. The summed E-state index contributed by atoms with van der Waals surface area (Å²) in [4.78, 5) is 9.17. The van der Waals surface area contributed by atoms with E-state index >= 15 is 0 Å². The van der Waals surface area contributed by atoms with Gasteiger partial charge in [0.15, 0.2) is 0 Å². The van der Waals surface area contributed by atoms with Crippen LogP contribution in [0.2, 0.25) is 0 Å². The van der Waals surface area contributed by atoms with Gasteiger partial charge in [-0.15, -0.1) is 0 Å². The lowest BCUT2D eigenvalue weighted by molar-refractivity contribution is 1.13. The second kappa shape index (κ2) is 11.4. The fourth-order valence-corrected chi connectivity index (χ4v) is 7.54. The number of aromatic nitrogens is 4. The number of hydrogen-bond donors (Lipinski definition) is 0. The standard InChI is InChI=1S/C46H30N4/c1-2-12-32(13-3-1)41-29-42(48-30-47-41)33-24-22-31(23-25-33)34-26-35(49-43-18-8-4-14-37(43)38-15-5-9-19-44(38)49)28-36(27-34)50-45-20-10-6-16-39(45)40-17-7-11-21-46(40)50/h1-30H. The summed E-state index contributed by atoms with van der Waals surface area (Å²) in [7, 11) is 0. The number of rotatable bonds is 5. The summed E-state index contributed by atoms with van der Waals surface area (Å²) in [6.45, 7) is 0. The zero-order valence-corrected chi connectivity index (χ0v) is 27.1. The number of nitrogens with zero attached hydrogens (tertiary/aromatic N) is 4. The minimum atomic E-state index is 0.899. The van der Waals surface area contributed by atoms with Crippen LogP contribution >= 0.6 is 0 Å². The Labute approximate surface area is 289 Å². The lowest BCUT2D eigenvalue weighted by Crippen LogP contribution is -2.00. The lowest BCUT2D eigenvalue weighted by atomic mass is 10.0. The molecule has 3 heterocycles. The molecule has 4 nitrogen and oxygen atoms in total. The van der Waals surface area contributed by atoms with Gasteiger partial charge in [0.05, 0.1) is 33.5 Å². The van der Waals surface area contributed by atoms with Gasteiger partial charge in [-0.3, -0.25) is 0 Å². The summed E-state index contributed by atoms with van der Waals surface area (Å²) in [6.07, 6.45) is 1.65. The van der Waals surface area contributed by atoms with Crippen molar-refractivity contribution in [3.8, 4) is 45.0 Å². The molecule has 0 unspecified atom stereocenters. The number of benzene rings is 7. The zero-order valence-electron chi connectivity index (χ0n) is 27.1. The van der Waals surface area contributed by atoms with Gasteiger partial charge >= 0.3 is 0 Å². The van der Waals surface area contributed by atoms with Crippen molar-refractivity contribution in [1.29, 1.82) is 0 Å². The summed E-state index contributed by atoms with van der Waals surface area (Å²) >= 11 is 0. The molecule has 0 saturated heterocycles. The molecular formula is C46H30N4. The van der Waals surface area contributed by atoms with Crippen LogP contribution in [-0.4, -0.2) is 19.1 Å². The van der Waals surface area contributed by atoms with E-state index in [1.54, 1.807) is 6.33 Å². The first-order valence-corrected chi connectivity index (χ1v) is 16.9. The third kappa shape index (κ3) is 4.54. The van der Waals surface area contributed by atoms with Gasteiger partial charge in [0, 0.05) is 44.0 Å². The van der Waals surface area contributed by atoms with Crippen LogP contribution < -0.4 is 0 Å². The van der Waals surface area contributed by atoms with E-state index < -0.39 is 0 Å². The van der Waals surface area contributed by atoms with Crippen LogP contribution in [-0.2, 0) is 0 Å². The van der Waals surface area contributed by atoms with Crippen molar-refractivity contribution in [2.45, 2.75) is 0 Å². The molecule has 0 fully saturated rings. The van der Waals surface area contributed by atoms with Crippen molar-refractivity contribution in [2.24, 2.45) is 0 Å². The molecule has 10 rings (SSSR count). The lowest BCUT2D eigenvalue weighted by Gasteiger charge is -2.16. The SMILES string of the molecule is c1ccc(-c2cc(-c3ccc(-c4cc(-n5c6ccccc6c6ccccc65)cc(-n5c6ccccc6c6ccccc65)c4)cc3)ncn2)cc1. The third-order valence-electron chi connectivity index (χ3n) is 9.83. The van der Waals surface area contributed by atoms with Crippen LogP contribution in [0, 0.1) is 0 Å². The molecule has 10 aromatic rings. The molecule has 0 amide bonds. The molecule has 0 aliphatic carbocycles. The van der Waals surface area contributed by atoms with Crippen molar-refractivity contribution in [2.75, 3.05) is 0 Å². The minimum Gasteiger partial charge on any atom is -0.309 e. The van der Waals surface area contributed by atoms with E-state index in [2.05, 4.69) is 177 Å². The monoisotopic (exact) mass is 638 g/mol. The van der Waals surface area contributed by atoms with Crippen molar-refractivity contribution < 1.29 is 0 Å². The van der Waals surface area contributed by atoms with E-state index in [1.165, 1.54) is 43.6 Å². The van der Waals surface area contributed by atoms with Gasteiger partial charge in [0.2, 0.25) is 0 Å². The van der Waals surface area contributed by atoms with E-state index in [-0.39, 0.29) is 0 Å². The first kappa shape index (κ1) is 28.3. The highest BCUT2D eigenvalue weighted by Gasteiger charge is 2.17. The minimum absolute atomic E-state index is 0.899. The molecule has 0 atom stereocenters. The molecule has 0 spiro atoms. The molecule has 0 N–H and O–H groups in total. The Kier molecular flexibility index (Phi) is 6.46. The predicted molar refractivity (Wildman–Crippen MR) is 207 cm³/mol. The fourth-order valence-electron chi connectivity index (χ4n) is 7.54. The molecule has 234 valence electrons. The molecule has 0 aliphatic rings. The van der Waals surface area contributed by atoms with Crippen molar-refractivity contribution in [3.05, 3.63) is 182 Å². The summed E-state index contributed by atoms with van der Waals surface area (Å²) in [5.41, 5.74) is 13.2. The molecule has 0 saturated carbocycles. The number of fused-ring (bicyclic) bond motifs is 6. The van der Waals surface area contributed by atoms with Crippen molar-refractivity contribution >= 4 is 43.6 Å². The summed E-state index contributed by atoms with van der Waals surface area (Å²) in [5, 5.41) is 4.99. The molecule has 0 aliphatic heterocycles. The van der Waals surface area contributed by atoms with Crippen LogP contribution in [0.3, 0.4) is 0 Å². The Balaban J connectivity index is 1.18. The Morgan fingerprint density at radius 1 is 0.300 bits per heavy atom. The van der Waals surface area contributed by atoms with Crippen LogP contribution in [0.15, 0.2) is 182 Å². The average molecular weight is 639 g/mol. The second-order valence-corrected chi connectivity index (χ2v) is 12.7. The number of hydrogen-bond acceptors (Lipinski definition) is 2. The van der Waals surface area contributed by atoms with E-state index in [0.717, 1.165) is 45.0 Å². The third-order valence-corrected chi connectivity index (χ3v) is 9.83. The van der Waals surface area contributed by atoms with Crippen LogP contribution in [0.5, 0.6) is 0 Å². The maximum atomic E-state index is 4.63. The van der Waals surface area contributed by atoms with Gasteiger partial charge in [-0.1, -0.05) is 127 Å². The van der Waals surface area contributed by atoms with Crippen LogP contribution in [0.1, 0.15) is 0 Å².